The Labute approximate surface area is 187 Å². The molecule has 0 bridgehead atoms. The van der Waals surface area contributed by atoms with Crippen molar-refractivity contribution >= 4 is 17.5 Å². The first kappa shape index (κ1) is 20.5. The lowest BCUT2D eigenvalue weighted by Crippen LogP contribution is -2.51. The minimum absolute atomic E-state index is 0.0335. The maximum Gasteiger partial charge on any atom is 0.245 e. The second kappa shape index (κ2) is 8.30. The molecule has 2 fully saturated rings. The van der Waals surface area contributed by atoms with Crippen molar-refractivity contribution in [2.75, 3.05) is 19.7 Å². The molecule has 2 aliphatic rings. The number of aromatic nitrogens is 2. The van der Waals surface area contributed by atoms with Crippen LogP contribution in [0.2, 0.25) is 0 Å². The van der Waals surface area contributed by atoms with E-state index >= 15 is 0 Å². The molecule has 7 heteroatoms. The molecule has 5 rings (SSSR count). The molecule has 4 heterocycles. The van der Waals surface area contributed by atoms with Gasteiger partial charge >= 0.3 is 0 Å². The Morgan fingerprint density at radius 3 is 2.66 bits per heavy atom. The molecule has 166 valence electrons. The van der Waals surface area contributed by atoms with Crippen LogP contribution in [-0.4, -0.2) is 51.8 Å². The third kappa shape index (κ3) is 3.51. The molecule has 2 aromatic heterocycles. The van der Waals surface area contributed by atoms with Gasteiger partial charge in [-0.05, 0) is 43.9 Å². The topological polar surface area (TPSA) is 75.9 Å². The first-order valence-corrected chi connectivity index (χ1v) is 11.4. The third-order valence-corrected chi connectivity index (χ3v) is 6.79. The number of ether oxygens (including phenoxy) is 1. The zero-order valence-electron chi connectivity index (χ0n) is 18.3. The normalized spacial score (nSPS) is 20.3. The van der Waals surface area contributed by atoms with Crippen LogP contribution in [0.4, 0.5) is 0 Å². The van der Waals surface area contributed by atoms with Crippen LogP contribution in [0.25, 0.3) is 5.65 Å². The van der Waals surface area contributed by atoms with Crippen molar-refractivity contribution in [1.82, 2.24) is 19.6 Å². The van der Waals surface area contributed by atoms with Crippen molar-refractivity contribution in [3.8, 4) is 5.75 Å². The van der Waals surface area contributed by atoms with E-state index in [0.717, 1.165) is 29.9 Å². The highest BCUT2D eigenvalue weighted by molar-refractivity contribution is 5.90. The number of rotatable bonds is 5. The highest BCUT2D eigenvalue weighted by atomic mass is 16.5. The number of fused-ring (bicyclic) bond motifs is 1. The van der Waals surface area contributed by atoms with Gasteiger partial charge in [0.25, 0.3) is 0 Å². The minimum Gasteiger partial charge on any atom is -0.490 e. The number of piperidine rings is 1. The quantitative estimate of drug-likeness (QED) is 0.673. The van der Waals surface area contributed by atoms with E-state index in [9.17, 15) is 9.59 Å². The number of pyridine rings is 1. The van der Waals surface area contributed by atoms with Crippen LogP contribution in [0.15, 0.2) is 54.9 Å². The first-order valence-electron chi connectivity index (χ1n) is 11.4. The highest BCUT2D eigenvalue weighted by Gasteiger charge is 2.42. The zero-order valence-corrected chi connectivity index (χ0v) is 18.3. The molecule has 0 radical (unpaired) electrons. The number of carbonyl (C=O) groups is 2. The van der Waals surface area contributed by atoms with Gasteiger partial charge in [0.1, 0.15) is 6.04 Å². The molecule has 1 unspecified atom stereocenters. The summed E-state index contributed by atoms with van der Waals surface area (Å²) in [5.41, 5.74) is 2.73. The fourth-order valence-electron chi connectivity index (χ4n) is 5.06. The van der Waals surface area contributed by atoms with E-state index < -0.39 is 0 Å². The van der Waals surface area contributed by atoms with E-state index in [0.29, 0.717) is 32.5 Å². The Hall–Kier alpha value is -3.35. The van der Waals surface area contributed by atoms with Gasteiger partial charge in [0.05, 0.1) is 12.3 Å². The Balaban J connectivity index is 1.48. The van der Waals surface area contributed by atoms with Gasteiger partial charge in [0.15, 0.2) is 11.4 Å². The number of nitrogens with zero attached hydrogens (tertiary/aromatic N) is 3. The summed E-state index contributed by atoms with van der Waals surface area (Å²) in [5.74, 6) is 0.772. The lowest BCUT2D eigenvalue weighted by molar-refractivity contribution is -0.135. The molecule has 2 saturated heterocycles. The second-order valence-corrected chi connectivity index (χ2v) is 8.59. The minimum atomic E-state index is -0.379. The predicted octanol–water partition coefficient (Wildman–Crippen LogP) is 2.92. The first-order chi connectivity index (χ1) is 15.6. The van der Waals surface area contributed by atoms with Crippen LogP contribution in [0, 0.1) is 0 Å². The molecule has 0 saturated carbocycles. The number of carbonyl (C=O) groups excluding carboxylic acids is 2. The van der Waals surface area contributed by atoms with Gasteiger partial charge in [0, 0.05) is 37.3 Å². The fraction of sp³-hybridized carbons (Fsp3) is 0.400. The van der Waals surface area contributed by atoms with E-state index in [-0.39, 0.29) is 23.3 Å². The Kier molecular flexibility index (Phi) is 5.33. The van der Waals surface area contributed by atoms with Crippen LogP contribution < -0.4 is 10.1 Å². The summed E-state index contributed by atoms with van der Waals surface area (Å²) in [5, 5.41) is 2.81. The zero-order chi connectivity index (χ0) is 22.1. The van der Waals surface area contributed by atoms with Crippen LogP contribution in [0.5, 0.6) is 5.75 Å². The van der Waals surface area contributed by atoms with Crippen molar-refractivity contribution in [2.45, 2.75) is 44.1 Å². The molecule has 0 aliphatic carbocycles. The predicted molar refractivity (Wildman–Crippen MR) is 121 cm³/mol. The van der Waals surface area contributed by atoms with Crippen LogP contribution in [0.3, 0.4) is 0 Å². The molecule has 1 N–H and O–H groups in total. The van der Waals surface area contributed by atoms with Gasteiger partial charge in [-0.3, -0.25) is 9.59 Å². The van der Waals surface area contributed by atoms with Crippen molar-refractivity contribution in [3.63, 3.8) is 0 Å². The molecule has 32 heavy (non-hydrogen) atoms. The summed E-state index contributed by atoms with van der Waals surface area (Å²) in [6.07, 6.45) is 6.66. The molecular formula is C25H28N4O3. The largest absolute Gasteiger partial charge is 0.490 e. The summed E-state index contributed by atoms with van der Waals surface area (Å²) < 4.78 is 7.83. The Bertz CT molecular complexity index is 1130. The van der Waals surface area contributed by atoms with Crippen LogP contribution >= 0.6 is 0 Å². The van der Waals surface area contributed by atoms with E-state index in [1.54, 1.807) is 0 Å². The molecule has 1 aromatic carbocycles. The van der Waals surface area contributed by atoms with Gasteiger partial charge < -0.3 is 19.4 Å². The second-order valence-electron chi connectivity index (χ2n) is 8.59. The van der Waals surface area contributed by atoms with Gasteiger partial charge in [-0.25, -0.2) is 4.98 Å². The number of imidazole rings is 1. The Morgan fingerprint density at radius 2 is 1.97 bits per heavy atom. The van der Waals surface area contributed by atoms with E-state index in [1.165, 1.54) is 5.56 Å². The SMILES string of the molecule is CCOc1cccn2cc(C3(c4ccccc4)CCN(C(=O)C4CCC(=O)N4)CC3)nc12. The summed E-state index contributed by atoms with van der Waals surface area (Å²) in [4.78, 5) is 31.5. The Morgan fingerprint density at radius 1 is 1.19 bits per heavy atom. The van der Waals surface area contributed by atoms with Gasteiger partial charge in [-0.15, -0.1) is 0 Å². The van der Waals surface area contributed by atoms with Gasteiger partial charge in [-0.1, -0.05) is 30.3 Å². The number of likely N-dealkylation sites (tertiary alicyclic amines) is 1. The van der Waals surface area contributed by atoms with Gasteiger partial charge in [0.2, 0.25) is 11.8 Å². The fourth-order valence-corrected chi connectivity index (χ4v) is 5.06. The molecule has 1 atom stereocenters. The summed E-state index contributed by atoms with van der Waals surface area (Å²) in [7, 11) is 0. The van der Waals surface area contributed by atoms with E-state index in [2.05, 4.69) is 35.8 Å². The number of amides is 2. The van der Waals surface area contributed by atoms with Crippen LogP contribution in [0.1, 0.15) is 43.9 Å². The van der Waals surface area contributed by atoms with E-state index in [1.807, 2.05) is 40.6 Å². The van der Waals surface area contributed by atoms with Crippen molar-refractivity contribution < 1.29 is 14.3 Å². The third-order valence-electron chi connectivity index (χ3n) is 6.79. The van der Waals surface area contributed by atoms with Gasteiger partial charge in [-0.2, -0.15) is 0 Å². The monoisotopic (exact) mass is 432 g/mol. The number of hydrogen-bond donors (Lipinski definition) is 1. The maximum atomic E-state index is 13.0. The lowest BCUT2D eigenvalue weighted by atomic mass is 9.70. The molecule has 0 spiro atoms. The smallest absolute Gasteiger partial charge is 0.245 e. The van der Waals surface area contributed by atoms with Crippen molar-refractivity contribution in [2.24, 2.45) is 0 Å². The van der Waals surface area contributed by atoms with Crippen molar-refractivity contribution in [3.05, 3.63) is 66.1 Å². The lowest BCUT2D eigenvalue weighted by Gasteiger charge is -2.42. The number of hydrogen-bond acceptors (Lipinski definition) is 4. The molecule has 7 nitrogen and oxygen atoms in total. The standard InChI is InChI=1S/C25H28N4O3/c1-2-32-20-9-6-14-29-17-21(27-23(20)29)25(18-7-4-3-5-8-18)12-15-28(16-13-25)24(31)19-10-11-22(30)26-19/h3-9,14,17,19H,2,10-13,15-16H2,1H3,(H,26,30). The maximum absolute atomic E-state index is 13.0. The van der Waals surface area contributed by atoms with E-state index in [4.69, 9.17) is 9.72 Å². The molecule has 3 aromatic rings. The van der Waals surface area contributed by atoms with Crippen molar-refractivity contribution in [1.29, 1.82) is 0 Å². The van der Waals surface area contributed by atoms with Crippen LogP contribution in [-0.2, 0) is 15.0 Å². The molecule has 2 aliphatic heterocycles. The average Bonchev–Trinajstić information content (AvgIpc) is 3.47. The average molecular weight is 433 g/mol. The highest BCUT2D eigenvalue weighted by Crippen LogP contribution is 2.42. The summed E-state index contributed by atoms with van der Waals surface area (Å²) in [6.45, 7) is 3.82. The summed E-state index contributed by atoms with van der Waals surface area (Å²) in [6, 6.07) is 14.0. The number of nitrogens with one attached hydrogen (secondary N) is 1. The molecular weight excluding hydrogens is 404 g/mol. The number of benzene rings is 1. The summed E-state index contributed by atoms with van der Waals surface area (Å²) >= 11 is 0. The molecule has 2 amide bonds.